The van der Waals surface area contributed by atoms with Gasteiger partial charge in [0.25, 0.3) is 0 Å². The van der Waals surface area contributed by atoms with E-state index < -0.39 is 0 Å². The van der Waals surface area contributed by atoms with Crippen molar-refractivity contribution in [2.45, 2.75) is 50.6 Å². The van der Waals surface area contributed by atoms with E-state index >= 15 is 0 Å². The molecule has 0 aromatic heterocycles. The van der Waals surface area contributed by atoms with Crippen molar-refractivity contribution >= 4 is 41.7 Å². The monoisotopic (exact) mass is 476 g/mol. The molecule has 1 aromatic rings. The number of halogens is 1. The molecule has 1 fully saturated rings. The Hall–Kier alpha value is -0.470. The molecule has 0 bridgehead atoms. The van der Waals surface area contributed by atoms with E-state index in [0.717, 1.165) is 19.0 Å². The quantitative estimate of drug-likeness (QED) is 0.271. The number of hydrogen-bond donors (Lipinski definition) is 2. The zero-order valence-electron chi connectivity index (χ0n) is 15.8. The molecule has 1 aliphatic heterocycles. The van der Waals surface area contributed by atoms with Gasteiger partial charge in [-0.2, -0.15) is 0 Å². The van der Waals surface area contributed by atoms with Crippen LogP contribution < -0.4 is 10.6 Å². The minimum Gasteiger partial charge on any atom is -0.357 e. The summed E-state index contributed by atoms with van der Waals surface area (Å²) >= 11 is 1.77. The Labute approximate surface area is 174 Å². The summed E-state index contributed by atoms with van der Waals surface area (Å²) in [5, 5.41) is 7.00. The zero-order chi connectivity index (χ0) is 17.2. The van der Waals surface area contributed by atoms with Crippen LogP contribution in [0.5, 0.6) is 0 Å². The highest BCUT2D eigenvalue weighted by molar-refractivity contribution is 14.0. The maximum absolute atomic E-state index is 4.76. The smallest absolute Gasteiger partial charge is 0.191 e. The van der Waals surface area contributed by atoms with Crippen LogP contribution >= 0.6 is 35.7 Å². The van der Waals surface area contributed by atoms with E-state index in [1.807, 2.05) is 0 Å². The van der Waals surface area contributed by atoms with Crippen molar-refractivity contribution in [2.24, 2.45) is 4.99 Å². The molecule has 0 amide bonds. The van der Waals surface area contributed by atoms with Crippen LogP contribution in [0.4, 0.5) is 0 Å². The molecule has 6 heteroatoms. The Morgan fingerprint density at radius 1 is 1.20 bits per heavy atom. The predicted octanol–water partition coefficient (Wildman–Crippen LogP) is 3.96. The van der Waals surface area contributed by atoms with Crippen molar-refractivity contribution < 1.29 is 0 Å². The zero-order valence-corrected chi connectivity index (χ0v) is 18.9. The van der Waals surface area contributed by atoms with Crippen molar-refractivity contribution in [1.29, 1.82) is 0 Å². The molecule has 2 rings (SSSR count). The molecule has 0 spiro atoms. The van der Waals surface area contributed by atoms with Crippen LogP contribution in [-0.2, 0) is 6.54 Å². The largest absolute Gasteiger partial charge is 0.357 e. The third-order valence-corrected chi connectivity index (χ3v) is 5.13. The lowest BCUT2D eigenvalue weighted by molar-refractivity contribution is 0.206. The Balaban J connectivity index is 0.00000312. The van der Waals surface area contributed by atoms with E-state index in [9.17, 15) is 0 Å². The molecule has 0 unspecified atom stereocenters. The summed E-state index contributed by atoms with van der Waals surface area (Å²) < 4.78 is 0. The van der Waals surface area contributed by atoms with Gasteiger partial charge < -0.3 is 15.5 Å². The van der Waals surface area contributed by atoms with Crippen LogP contribution in [0.3, 0.4) is 0 Å². The molecule has 1 aromatic carbocycles. The molecular formula is C19H33IN4S. The first-order chi connectivity index (χ1) is 11.7. The lowest BCUT2D eigenvalue weighted by Crippen LogP contribution is -2.48. The van der Waals surface area contributed by atoms with Gasteiger partial charge in [-0.05, 0) is 56.7 Å². The summed E-state index contributed by atoms with van der Waals surface area (Å²) in [6, 6.07) is 9.21. The molecule has 2 N–H and O–H groups in total. The molecule has 1 saturated heterocycles. The normalized spacial score (nSPS) is 16.4. The van der Waals surface area contributed by atoms with E-state index in [0.29, 0.717) is 6.04 Å². The third-order valence-electron chi connectivity index (χ3n) is 4.39. The highest BCUT2D eigenvalue weighted by Crippen LogP contribution is 2.15. The van der Waals surface area contributed by atoms with Gasteiger partial charge in [0.2, 0.25) is 0 Å². The van der Waals surface area contributed by atoms with Crippen molar-refractivity contribution in [1.82, 2.24) is 15.5 Å². The fourth-order valence-electron chi connectivity index (χ4n) is 3.03. The minimum absolute atomic E-state index is 0. The van der Waals surface area contributed by atoms with Crippen LogP contribution in [0, 0.1) is 0 Å². The summed E-state index contributed by atoms with van der Waals surface area (Å²) in [6.45, 7) is 9.61. The average molecular weight is 476 g/mol. The van der Waals surface area contributed by atoms with E-state index in [-0.39, 0.29) is 24.0 Å². The highest BCUT2D eigenvalue weighted by Gasteiger charge is 2.19. The first-order valence-corrected chi connectivity index (χ1v) is 10.4. The maximum atomic E-state index is 4.76. The molecule has 0 saturated carbocycles. The van der Waals surface area contributed by atoms with Gasteiger partial charge >= 0.3 is 0 Å². The molecule has 0 atom stereocenters. The molecule has 25 heavy (non-hydrogen) atoms. The summed E-state index contributed by atoms with van der Waals surface area (Å²) in [4.78, 5) is 8.63. The second-order valence-corrected chi connectivity index (χ2v) is 7.18. The van der Waals surface area contributed by atoms with Gasteiger partial charge in [-0.15, -0.1) is 35.7 Å². The standard InChI is InChI=1S/C19H32N4S.HI/c1-4-12-23-13-10-17(11-14-23)22-19(20-5-2)21-15-16-6-8-18(24-3)9-7-16;/h6-9,17H,4-5,10-15H2,1-3H3,(H2,20,21,22);1H. The van der Waals surface area contributed by atoms with E-state index in [2.05, 4.69) is 59.9 Å². The number of likely N-dealkylation sites (tertiary alicyclic amines) is 1. The Morgan fingerprint density at radius 3 is 2.44 bits per heavy atom. The molecule has 0 radical (unpaired) electrons. The fourth-order valence-corrected chi connectivity index (χ4v) is 3.44. The Morgan fingerprint density at radius 2 is 1.88 bits per heavy atom. The molecule has 4 nitrogen and oxygen atoms in total. The van der Waals surface area contributed by atoms with Gasteiger partial charge in [-0.3, -0.25) is 0 Å². The summed E-state index contributed by atoms with van der Waals surface area (Å²) in [5.74, 6) is 0.945. The first kappa shape index (κ1) is 22.6. The molecular weight excluding hydrogens is 443 g/mol. The second kappa shape index (κ2) is 12.8. The topological polar surface area (TPSA) is 39.7 Å². The van der Waals surface area contributed by atoms with E-state index in [4.69, 9.17) is 4.99 Å². The van der Waals surface area contributed by atoms with Crippen molar-refractivity contribution in [2.75, 3.05) is 32.4 Å². The SMILES string of the molecule is CCCN1CCC(NC(=NCc2ccc(SC)cc2)NCC)CC1.I. The lowest BCUT2D eigenvalue weighted by Gasteiger charge is -2.32. The number of nitrogens with one attached hydrogen (secondary N) is 2. The van der Waals surface area contributed by atoms with Gasteiger partial charge in [-0.1, -0.05) is 19.1 Å². The average Bonchev–Trinajstić information content (AvgIpc) is 2.62. The molecule has 1 aliphatic rings. The van der Waals surface area contributed by atoms with Gasteiger partial charge in [0.15, 0.2) is 5.96 Å². The van der Waals surface area contributed by atoms with Crippen LogP contribution in [0.25, 0.3) is 0 Å². The highest BCUT2D eigenvalue weighted by atomic mass is 127. The van der Waals surface area contributed by atoms with Crippen molar-refractivity contribution in [3.05, 3.63) is 29.8 Å². The van der Waals surface area contributed by atoms with Gasteiger partial charge in [-0.25, -0.2) is 4.99 Å². The molecule has 142 valence electrons. The van der Waals surface area contributed by atoms with Crippen LogP contribution in [0.15, 0.2) is 34.2 Å². The molecule has 1 heterocycles. The minimum atomic E-state index is 0. The van der Waals surface area contributed by atoms with Crippen LogP contribution in [0.1, 0.15) is 38.7 Å². The lowest BCUT2D eigenvalue weighted by atomic mass is 10.1. The number of nitrogens with zero attached hydrogens (tertiary/aromatic N) is 2. The number of thioether (sulfide) groups is 1. The number of benzene rings is 1. The third kappa shape index (κ3) is 8.17. The summed E-state index contributed by atoms with van der Waals surface area (Å²) in [6.07, 6.45) is 5.75. The van der Waals surface area contributed by atoms with Crippen LogP contribution in [0.2, 0.25) is 0 Å². The first-order valence-electron chi connectivity index (χ1n) is 9.15. The van der Waals surface area contributed by atoms with Crippen molar-refractivity contribution in [3.63, 3.8) is 0 Å². The van der Waals surface area contributed by atoms with Crippen LogP contribution in [-0.4, -0.2) is 49.3 Å². The molecule has 0 aliphatic carbocycles. The Kier molecular flexibility index (Phi) is 11.6. The van der Waals surface area contributed by atoms with Crippen molar-refractivity contribution in [3.8, 4) is 0 Å². The van der Waals surface area contributed by atoms with E-state index in [1.165, 1.54) is 49.4 Å². The fraction of sp³-hybridized carbons (Fsp3) is 0.632. The summed E-state index contributed by atoms with van der Waals surface area (Å²) in [5.41, 5.74) is 1.25. The van der Waals surface area contributed by atoms with E-state index in [1.54, 1.807) is 11.8 Å². The van der Waals surface area contributed by atoms with Gasteiger partial charge in [0.1, 0.15) is 0 Å². The van der Waals surface area contributed by atoms with Gasteiger partial charge in [0, 0.05) is 30.6 Å². The second-order valence-electron chi connectivity index (χ2n) is 6.30. The Bertz CT molecular complexity index is 499. The number of aliphatic imine (C=N–C) groups is 1. The number of hydrogen-bond acceptors (Lipinski definition) is 3. The number of guanidine groups is 1. The summed E-state index contributed by atoms with van der Waals surface area (Å²) in [7, 11) is 0. The number of rotatable bonds is 7. The number of piperidine rings is 1. The van der Waals surface area contributed by atoms with Gasteiger partial charge in [0.05, 0.1) is 6.54 Å². The maximum Gasteiger partial charge on any atom is 0.191 e. The predicted molar refractivity (Wildman–Crippen MR) is 121 cm³/mol.